The molecule has 2 heteroatoms. The standard InChI is InChI=1S/C13H15NO/c1-9-8-10(2)14(11(3)15)13-7-5-4-6-12(9)13/h4-8,10H,1-3H3. The number of hydrogen-bond acceptors (Lipinski definition) is 1. The summed E-state index contributed by atoms with van der Waals surface area (Å²) in [5, 5.41) is 0. The van der Waals surface area contributed by atoms with E-state index in [-0.39, 0.29) is 11.9 Å². The smallest absolute Gasteiger partial charge is 0.224 e. The van der Waals surface area contributed by atoms with Crippen LogP contribution < -0.4 is 4.90 Å². The summed E-state index contributed by atoms with van der Waals surface area (Å²) in [5.74, 6) is 0.0960. The maximum atomic E-state index is 11.6. The van der Waals surface area contributed by atoms with Crippen molar-refractivity contribution in [3.8, 4) is 0 Å². The van der Waals surface area contributed by atoms with Crippen molar-refractivity contribution in [2.45, 2.75) is 26.8 Å². The van der Waals surface area contributed by atoms with Gasteiger partial charge in [-0.2, -0.15) is 0 Å². The molecule has 0 radical (unpaired) electrons. The number of nitrogens with zero attached hydrogens (tertiary/aromatic N) is 1. The summed E-state index contributed by atoms with van der Waals surface area (Å²) in [7, 11) is 0. The molecule has 0 saturated heterocycles. The van der Waals surface area contributed by atoms with E-state index in [0.29, 0.717) is 0 Å². The van der Waals surface area contributed by atoms with E-state index in [1.54, 1.807) is 6.92 Å². The SMILES string of the molecule is CC(=O)N1c2ccccc2C(C)=CC1C. The van der Waals surface area contributed by atoms with Crippen molar-refractivity contribution in [2.24, 2.45) is 0 Å². The van der Waals surface area contributed by atoms with Gasteiger partial charge in [-0.15, -0.1) is 0 Å². The van der Waals surface area contributed by atoms with Crippen molar-refractivity contribution in [3.63, 3.8) is 0 Å². The van der Waals surface area contributed by atoms with Crippen molar-refractivity contribution in [3.05, 3.63) is 35.9 Å². The number of benzene rings is 1. The quantitative estimate of drug-likeness (QED) is 0.632. The number of para-hydroxylation sites is 1. The first-order chi connectivity index (χ1) is 7.11. The Balaban J connectivity index is 2.59. The van der Waals surface area contributed by atoms with Gasteiger partial charge in [0.05, 0.1) is 11.7 Å². The number of allylic oxidation sites excluding steroid dienone is 1. The van der Waals surface area contributed by atoms with Crippen LogP contribution in [0.1, 0.15) is 26.3 Å². The van der Waals surface area contributed by atoms with Crippen LogP contribution in [0.25, 0.3) is 5.57 Å². The first-order valence-electron chi connectivity index (χ1n) is 5.19. The van der Waals surface area contributed by atoms with Crippen molar-refractivity contribution < 1.29 is 4.79 Å². The summed E-state index contributed by atoms with van der Waals surface area (Å²) in [6, 6.07) is 8.19. The van der Waals surface area contributed by atoms with Gasteiger partial charge in [-0.1, -0.05) is 24.3 Å². The Morgan fingerprint density at radius 3 is 2.67 bits per heavy atom. The van der Waals surface area contributed by atoms with E-state index in [1.807, 2.05) is 30.0 Å². The van der Waals surface area contributed by atoms with Crippen LogP contribution in [0.15, 0.2) is 30.3 Å². The zero-order valence-electron chi connectivity index (χ0n) is 9.32. The Labute approximate surface area is 90.2 Å². The van der Waals surface area contributed by atoms with Crippen LogP contribution in [-0.4, -0.2) is 11.9 Å². The lowest BCUT2D eigenvalue weighted by Gasteiger charge is -2.32. The molecule has 0 saturated carbocycles. The van der Waals surface area contributed by atoms with Gasteiger partial charge in [0, 0.05) is 12.5 Å². The van der Waals surface area contributed by atoms with Crippen LogP contribution in [0.4, 0.5) is 5.69 Å². The third-order valence-corrected chi connectivity index (χ3v) is 2.83. The number of anilines is 1. The van der Waals surface area contributed by atoms with Crippen molar-refractivity contribution in [1.29, 1.82) is 0 Å². The predicted octanol–water partition coefficient (Wildman–Crippen LogP) is 2.84. The molecule has 1 aromatic carbocycles. The summed E-state index contributed by atoms with van der Waals surface area (Å²) in [5.41, 5.74) is 3.43. The second kappa shape index (κ2) is 3.54. The summed E-state index contributed by atoms with van der Waals surface area (Å²) in [4.78, 5) is 13.4. The van der Waals surface area contributed by atoms with Crippen molar-refractivity contribution >= 4 is 17.2 Å². The molecule has 1 amide bonds. The number of amides is 1. The first kappa shape index (κ1) is 9.97. The highest BCUT2D eigenvalue weighted by Gasteiger charge is 2.24. The van der Waals surface area contributed by atoms with Gasteiger partial charge in [0.1, 0.15) is 0 Å². The van der Waals surface area contributed by atoms with Crippen molar-refractivity contribution in [2.75, 3.05) is 4.90 Å². The van der Waals surface area contributed by atoms with E-state index < -0.39 is 0 Å². The molecule has 0 bridgehead atoms. The molecule has 0 aliphatic carbocycles. The van der Waals surface area contributed by atoms with Crippen molar-refractivity contribution in [1.82, 2.24) is 0 Å². The lowest BCUT2D eigenvalue weighted by Crippen LogP contribution is -2.38. The molecular weight excluding hydrogens is 186 g/mol. The van der Waals surface area contributed by atoms with Crippen LogP contribution in [0.5, 0.6) is 0 Å². The number of carbonyl (C=O) groups excluding carboxylic acids is 1. The highest BCUT2D eigenvalue weighted by molar-refractivity contribution is 5.97. The van der Waals surface area contributed by atoms with Crippen LogP contribution in [-0.2, 0) is 4.79 Å². The molecule has 1 atom stereocenters. The minimum absolute atomic E-state index is 0.0960. The normalized spacial score (nSPS) is 19.5. The number of hydrogen-bond donors (Lipinski definition) is 0. The second-order valence-corrected chi connectivity index (χ2v) is 4.00. The Kier molecular flexibility index (Phi) is 2.35. The molecule has 1 aromatic rings. The predicted molar refractivity (Wildman–Crippen MR) is 62.7 cm³/mol. The molecule has 78 valence electrons. The topological polar surface area (TPSA) is 20.3 Å². The Morgan fingerprint density at radius 2 is 2.00 bits per heavy atom. The molecule has 1 unspecified atom stereocenters. The summed E-state index contributed by atoms with van der Waals surface area (Å²) >= 11 is 0. The lowest BCUT2D eigenvalue weighted by atomic mass is 9.97. The van der Waals surface area contributed by atoms with Gasteiger partial charge in [0.25, 0.3) is 0 Å². The van der Waals surface area contributed by atoms with E-state index in [4.69, 9.17) is 0 Å². The number of fused-ring (bicyclic) bond motifs is 1. The summed E-state index contributed by atoms with van der Waals surface area (Å²) < 4.78 is 0. The maximum absolute atomic E-state index is 11.6. The van der Waals surface area contributed by atoms with E-state index in [1.165, 1.54) is 5.57 Å². The lowest BCUT2D eigenvalue weighted by molar-refractivity contribution is -0.116. The zero-order chi connectivity index (χ0) is 11.0. The molecule has 1 aliphatic rings. The number of rotatable bonds is 0. The largest absolute Gasteiger partial charge is 0.305 e. The van der Waals surface area contributed by atoms with Crippen LogP contribution in [0.2, 0.25) is 0 Å². The van der Waals surface area contributed by atoms with Crippen LogP contribution >= 0.6 is 0 Å². The van der Waals surface area contributed by atoms with E-state index >= 15 is 0 Å². The van der Waals surface area contributed by atoms with Gasteiger partial charge in [-0.25, -0.2) is 0 Å². The molecule has 2 nitrogen and oxygen atoms in total. The van der Waals surface area contributed by atoms with E-state index in [2.05, 4.69) is 19.1 Å². The highest BCUT2D eigenvalue weighted by Crippen LogP contribution is 2.33. The third-order valence-electron chi connectivity index (χ3n) is 2.83. The van der Waals surface area contributed by atoms with Gasteiger partial charge in [0.15, 0.2) is 0 Å². The molecule has 15 heavy (non-hydrogen) atoms. The van der Waals surface area contributed by atoms with E-state index in [9.17, 15) is 4.79 Å². The van der Waals surface area contributed by atoms with Crippen LogP contribution in [0.3, 0.4) is 0 Å². The molecule has 1 aliphatic heterocycles. The first-order valence-corrected chi connectivity index (χ1v) is 5.19. The Hall–Kier alpha value is -1.57. The molecule has 1 heterocycles. The minimum atomic E-state index is 0.0960. The number of carbonyl (C=O) groups is 1. The van der Waals surface area contributed by atoms with Gasteiger partial charge in [-0.05, 0) is 25.5 Å². The molecule has 0 N–H and O–H groups in total. The Bertz CT molecular complexity index is 434. The summed E-state index contributed by atoms with van der Waals surface area (Å²) in [6.45, 7) is 5.75. The zero-order valence-corrected chi connectivity index (χ0v) is 9.32. The van der Waals surface area contributed by atoms with Gasteiger partial charge < -0.3 is 4.90 Å². The fraction of sp³-hybridized carbons (Fsp3) is 0.308. The monoisotopic (exact) mass is 201 g/mol. The molecule has 0 fully saturated rings. The van der Waals surface area contributed by atoms with Gasteiger partial charge in [-0.3, -0.25) is 4.79 Å². The molecule has 2 rings (SSSR count). The average Bonchev–Trinajstić information content (AvgIpc) is 2.17. The molecule has 0 aromatic heterocycles. The fourth-order valence-corrected chi connectivity index (χ4v) is 2.22. The minimum Gasteiger partial charge on any atom is -0.305 e. The van der Waals surface area contributed by atoms with Gasteiger partial charge >= 0.3 is 0 Å². The third kappa shape index (κ3) is 1.56. The highest BCUT2D eigenvalue weighted by atomic mass is 16.2. The Morgan fingerprint density at radius 1 is 1.33 bits per heavy atom. The average molecular weight is 201 g/mol. The molecule has 0 spiro atoms. The summed E-state index contributed by atoms with van der Waals surface area (Å²) in [6.07, 6.45) is 2.13. The maximum Gasteiger partial charge on any atom is 0.224 e. The molecular formula is C13H15NO. The van der Waals surface area contributed by atoms with E-state index in [0.717, 1.165) is 11.3 Å². The fourth-order valence-electron chi connectivity index (χ4n) is 2.22. The van der Waals surface area contributed by atoms with Crippen LogP contribution in [0, 0.1) is 0 Å². The second-order valence-electron chi connectivity index (χ2n) is 4.00. The van der Waals surface area contributed by atoms with Gasteiger partial charge in [0.2, 0.25) is 5.91 Å².